The zero-order valence-electron chi connectivity index (χ0n) is 14.6. The van der Waals surface area contributed by atoms with Gasteiger partial charge in [-0.15, -0.1) is 11.8 Å². The Morgan fingerprint density at radius 1 is 1.12 bits per heavy atom. The fourth-order valence-electron chi connectivity index (χ4n) is 2.23. The number of amides is 2. The molecule has 0 spiro atoms. The SMILES string of the molecule is COc1cccc(SCC(=O)N[C@@H](C(=O)N(C)C)c2ccccc2)c1. The molecule has 1 N–H and O–H groups in total. The van der Waals surface area contributed by atoms with Gasteiger partial charge in [-0.05, 0) is 23.8 Å². The third-order valence-corrected chi connectivity index (χ3v) is 4.53. The molecule has 2 amide bonds. The van der Waals surface area contributed by atoms with E-state index >= 15 is 0 Å². The summed E-state index contributed by atoms with van der Waals surface area (Å²) in [6.45, 7) is 0. The maximum Gasteiger partial charge on any atom is 0.249 e. The van der Waals surface area contributed by atoms with Crippen molar-refractivity contribution in [2.24, 2.45) is 0 Å². The van der Waals surface area contributed by atoms with Crippen LogP contribution < -0.4 is 10.1 Å². The minimum Gasteiger partial charge on any atom is -0.497 e. The number of ether oxygens (including phenoxy) is 1. The lowest BCUT2D eigenvalue weighted by Gasteiger charge is -2.22. The lowest BCUT2D eigenvalue weighted by atomic mass is 10.1. The predicted molar refractivity (Wildman–Crippen MR) is 99.7 cm³/mol. The quantitative estimate of drug-likeness (QED) is 0.773. The Labute approximate surface area is 152 Å². The second-order valence-corrected chi connectivity index (χ2v) is 6.66. The molecule has 0 bridgehead atoms. The van der Waals surface area contributed by atoms with E-state index in [0.29, 0.717) is 0 Å². The van der Waals surface area contributed by atoms with Gasteiger partial charge in [0.1, 0.15) is 11.8 Å². The normalized spacial score (nSPS) is 11.5. The Kier molecular flexibility index (Phi) is 6.89. The molecule has 0 radical (unpaired) electrons. The molecule has 0 saturated carbocycles. The van der Waals surface area contributed by atoms with E-state index < -0.39 is 6.04 Å². The van der Waals surface area contributed by atoms with Crippen molar-refractivity contribution in [1.82, 2.24) is 10.2 Å². The van der Waals surface area contributed by atoms with E-state index in [2.05, 4.69) is 5.32 Å². The zero-order valence-corrected chi connectivity index (χ0v) is 15.4. The number of rotatable bonds is 7. The number of carbonyl (C=O) groups excluding carboxylic acids is 2. The third-order valence-electron chi connectivity index (χ3n) is 3.54. The Morgan fingerprint density at radius 3 is 2.48 bits per heavy atom. The van der Waals surface area contributed by atoms with Gasteiger partial charge in [0, 0.05) is 19.0 Å². The van der Waals surface area contributed by atoms with Gasteiger partial charge in [-0.1, -0.05) is 36.4 Å². The lowest BCUT2D eigenvalue weighted by Crippen LogP contribution is -2.40. The van der Waals surface area contributed by atoms with E-state index in [1.807, 2.05) is 54.6 Å². The molecule has 0 unspecified atom stereocenters. The molecule has 2 aromatic carbocycles. The number of hydrogen-bond acceptors (Lipinski definition) is 4. The van der Waals surface area contributed by atoms with Crippen LogP contribution in [0.5, 0.6) is 5.75 Å². The number of carbonyl (C=O) groups is 2. The summed E-state index contributed by atoms with van der Waals surface area (Å²) in [6, 6.07) is 16.1. The van der Waals surface area contributed by atoms with Gasteiger partial charge in [0.2, 0.25) is 11.8 Å². The largest absolute Gasteiger partial charge is 0.497 e. The molecule has 0 aromatic heterocycles. The maximum absolute atomic E-state index is 12.4. The van der Waals surface area contributed by atoms with E-state index in [1.165, 1.54) is 16.7 Å². The fraction of sp³-hybridized carbons (Fsp3) is 0.263. The van der Waals surface area contributed by atoms with E-state index in [1.54, 1.807) is 21.2 Å². The first-order chi connectivity index (χ1) is 12.0. The minimum absolute atomic E-state index is 0.161. The molecule has 2 aromatic rings. The molecule has 0 aliphatic rings. The first-order valence-electron chi connectivity index (χ1n) is 7.83. The van der Waals surface area contributed by atoms with Crippen LogP contribution in [0.25, 0.3) is 0 Å². The fourth-order valence-corrected chi connectivity index (χ4v) is 2.99. The van der Waals surface area contributed by atoms with Crippen molar-refractivity contribution < 1.29 is 14.3 Å². The molecule has 0 fully saturated rings. The molecule has 0 saturated heterocycles. The number of likely N-dealkylation sites (N-methyl/N-ethyl adjacent to an activating group) is 1. The molecule has 5 nitrogen and oxygen atoms in total. The molecule has 25 heavy (non-hydrogen) atoms. The first kappa shape index (κ1) is 18.9. The average molecular weight is 358 g/mol. The topological polar surface area (TPSA) is 58.6 Å². The van der Waals surface area contributed by atoms with Gasteiger partial charge in [-0.2, -0.15) is 0 Å². The summed E-state index contributed by atoms with van der Waals surface area (Å²) in [5.74, 6) is 0.607. The zero-order chi connectivity index (χ0) is 18.2. The van der Waals surface area contributed by atoms with Crippen molar-refractivity contribution in [2.75, 3.05) is 27.0 Å². The summed E-state index contributed by atoms with van der Waals surface area (Å²) < 4.78 is 5.18. The highest BCUT2D eigenvalue weighted by Gasteiger charge is 2.24. The number of thioether (sulfide) groups is 1. The van der Waals surface area contributed by atoms with Crippen molar-refractivity contribution in [3.05, 3.63) is 60.2 Å². The van der Waals surface area contributed by atoms with Gasteiger partial charge in [-0.25, -0.2) is 0 Å². The molecule has 6 heteroatoms. The molecule has 2 rings (SSSR count). The summed E-state index contributed by atoms with van der Waals surface area (Å²) >= 11 is 1.40. The number of nitrogens with one attached hydrogen (secondary N) is 1. The number of nitrogens with zero attached hydrogens (tertiary/aromatic N) is 1. The number of methoxy groups -OCH3 is 1. The van der Waals surface area contributed by atoms with Crippen LogP contribution in [0, 0.1) is 0 Å². The first-order valence-corrected chi connectivity index (χ1v) is 8.82. The molecular formula is C19H22N2O3S. The number of hydrogen-bond donors (Lipinski definition) is 1. The van der Waals surface area contributed by atoms with Gasteiger partial charge in [0.05, 0.1) is 12.9 Å². The smallest absolute Gasteiger partial charge is 0.249 e. The van der Waals surface area contributed by atoms with Gasteiger partial charge >= 0.3 is 0 Å². The minimum atomic E-state index is -0.686. The standard InChI is InChI=1S/C19H22N2O3S/c1-21(2)19(23)18(14-8-5-4-6-9-14)20-17(22)13-25-16-11-7-10-15(12-16)24-3/h4-12,18H,13H2,1-3H3,(H,20,22)/t18-/m1/s1. The van der Waals surface area contributed by atoms with Crippen LogP contribution in [0.2, 0.25) is 0 Å². The predicted octanol–water partition coefficient (Wildman–Crippen LogP) is 2.73. The van der Waals surface area contributed by atoms with Gasteiger partial charge in [-0.3, -0.25) is 9.59 Å². The highest BCUT2D eigenvalue weighted by molar-refractivity contribution is 8.00. The Morgan fingerprint density at radius 2 is 1.84 bits per heavy atom. The molecule has 1 atom stereocenters. The van der Waals surface area contributed by atoms with Crippen LogP contribution in [0.1, 0.15) is 11.6 Å². The van der Waals surface area contributed by atoms with Crippen LogP contribution in [0.4, 0.5) is 0 Å². The Bertz CT molecular complexity index is 720. The molecule has 132 valence electrons. The van der Waals surface area contributed by atoms with Crippen LogP contribution in [0.3, 0.4) is 0 Å². The second kappa shape index (κ2) is 9.13. The van der Waals surface area contributed by atoms with Crippen molar-refractivity contribution in [1.29, 1.82) is 0 Å². The van der Waals surface area contributed by atoms with E-state index in [-0.39, 0.29) is 17.6 Å². The van der Waals surface area contributed by atoms with Gasteiger partial charge in [0.25, 0.3) is 0 Å². The van der Waals surface area contributed by atoms with Crippen molar-refractivity contribution >= 4 is 23.6 Å². The Balaban J connectivity index is 2.03. The van der Waals surface area contributed by atoms with Gasteiger partial charge < -0.3 is 15.0 Å². The van der Waals surface area contributed by atoms with Crippen LogP contribution in [-0.4, -0.2) is 43.7 Å². The summed E-state index contributed by atoms with van der Waals surface area (Å²) in [4.78, 5) is 27.2. The number of benzene rings is 2. The molecular weight excluding hydrogens is 336 g/mol. The average Bonchev–Trinajstić information content (AvgIpc) is 2.64. The lowest BCUT2D eigenvalue weighted by molar-refractivity contribution is -0.134. The van der Waals surface area contributed by atoms with Crippen LogP contribution in [0.15, 0.2) is 59.5 Å². The van der Waals surface area contributed by atoms with E-state index in [4.69, 9.17) is 4.74 Å². The third kappa shape index (κ3) is 5.53. The summed E-state index contributed by atoms with van der Waals surface area (Å²) in [5, 5.41) is 2.83. The Hall–Kier alpha value is -2.47. The monoisotopic (exact) mass is 358 g/mol. The highest BCUT2D eigenvalue weighted by atomic mass is 32.2. The summed E-state index contributed by atoms with van der Waals surface area (Å²) in [6.07, 6.45) is 0. The van der Waals surface area contributed by atoms with Crippen molar-refractivity contribution in [3.8, 4) is 5.75 Å². The van der Waals surface area contributed by atoms with Crippen molar-refractivity contribution in [2.45, 2.75) is 10.9 Å². The highest BCUT2D eigenvalue weighted by Crippen LogP contribution is 2.23. The van der Waals surface area contributed by atoms with E-state index in [9.17, 15) is 9.59 Å². The molecule has 0 aliphatic carbocycles. The van der Waals surface area contributed by atoms with Gasteiger partial charge in [0.15, 0.2) is 0 Å². The second-order valence-electron chi connectivity index (χ2n) is 5.61. The van der Waals surface area contributed by atoms with E-state index in [0.717, 1.165) is 16.2 Å². The molecule has 0 heterocycles. The maximum atomic E-state index is 12.4. The summed E-state index contributed by atoms with van der Waals surface area (Å²) in [5.41, 5.74) is 0.765. The van der Waals surface area contributed by atoms with Crippen LogP contribution in [-0.2, 0) is 9.59 Å². The summed E-state index contributed by atoms with van der Waals surface area (Å²) in [7, 11) is 4.96. The molecule has 0 aliphatic heterocycles. The van der Waals surface area contributed by atoms with Crippen molar-refractivity contribution in [3.63, 3.8) is 0 Å². The van der Waals surface area contributed by atoms with Crippen LogP contribution >= 0.6 is 11.8 Å².